The summed E-state index contributed by atoms with van der Waals surface area (Å²) in [4.78, 5) is 12.3. The Morgan fingerprint density at radius 3 is 2.95 bits per heavy atom. The van der Waals surface area contributed by atoms with Crippen LogP contribution in [0.3, 0.4) is 0 Å². The zero-order valence-electron chi connectivity index (χ0n) is 12.1. The van der Waals surface area contributed by atoms with Crippen LogP contribution in [0.15, 0.2) is 23.8 Å². The average molecular weight is 288 g/mol. The molecular weight excluding hydrogens is 268 g/mol. The predicted octanol–water partition coefficient (Wildman–Crippen LogP) is 1.34. The van der Waals surface area contributed by atoms with Crippen LogP contribution in [0.2, 0.25) is 0 Å². The molecule has 0 atom stereocenters. The molecule has 2 aliphatic heterocycles. The first kappa shape index (κ1) is 13.9. The lowest BCUT2D eigenvalue weighted by molar-refractivity contribution is -0.118. The average Bonchev–Trinajstić information content (AvgIpc) is 2.54. The van der Waals surface area contributed by atoms with Gasteiger partial charge in [-0.1, -0.05) is 0 Å². The SMILES string of the molecule is COc1ccc2c(c1)C=C(C(=O)NC1CCNCC1)CO2. The molecule has 5 nitrogen and oxygen atoms in total. The van der Waals surface area contributed by atoms with Crippen LogP contribution in [0.1, 0.15) is 18.4 Å². The Kier molecular flexibility index (Phi) is 4.10. The molecule has 1 aromatic rings. The van der Waals surface area contributed by atoms with Crippen molar-refractivity contribution in [2.24, 2.45) is 0 Å². The number of nitrogens with one attached hydrogen (secondary N) is 2. The fourth-order valence-electron chi connectivity index (χ4n) is 2.66. The van der Waals surface area contributed by atoms with Crippen molar-refractivity contribution in [3.63, 3.8) is 0 Å². The number of amides is 1. The van der Waals surface area contributed by atoms with E-state index < -0.39 is 0 Å². The molecule has 5 heteroatoms. The molecule has 21 heavy (non-hydrogen) atoms. The zero-order chi connectivity index (χ0) is 14.7. The highest BCUT2D eigenvalue weighted by Gasteiger charge is 2.21. The number of fused-ring (bicyclic) bond motifs is 1. The van der Waals surface area contributed by atoms with Gasteiger partial charge in [0.25, 0.3) is 5.91 Å². The fraction of sp³-hybridized carbons (Fsp3) is 0.438. The summed E-state index contributed by atoms with van der Waals surface area (Å²) in [7, 11) is 1.62. The minimum absolute atomic E-state index is 0.0321. The van der Waals surface area contributed by atoms with Gasteiger partial charge in [-0.3, -0.25) is 4.79 Å². The van der Waals surface area contributed by atoms with Crippen LogP contribution in [-0.2, 0) is 4.79 Å². The predicted molar refractivity (Wildman–Crippen MR) is 80.5 cm³/mol. The lowest BCUT2D eigenvalue weighted by atomic mass is 10.0. The van der Waals surface area contributed by atoms with E-state index in [9.17, 15) is 4.79 Å². The molecule has 0 radical (unpaired) electrons. The molecular formula is C16H20N2O3. The van der Waals surface area contributed by atoms with E-state index in [0.717, 1.165) is 43.0 Å². The molecule has 0 bridgehead atoms. The van der Waals surface area contributed by atoms with Gasteiger partial charge in [-0.05, 0) is 50.2 Å². The molecule has 0 aromatic heterocycles. The maximum absolute atomic E-state index is 12.3. The zero-order valence-corrected chi connectivity index (χ0v) is 12.1. The van der Waals surface area contributed by atoms with Crippen molar-refractivity contribution in [2.75, 3.05) is 26.8 Å². The Bertz CT molecular complexity index is 563. The van der Waals surface area contributed by atoms with Crippen LogP contribution in [-0.4, -0.2) is 38.8 Å². The summed E-state index contributed by atoms with van der Waals surface area (Å²) < 4.78 is 10.9. The molecule has 0 spiro atoms. The summed E-state index contributed by atoms with van der Waals surface area (Å²) in [6, 6.07) is 5.86. The second-order valence-corrected chi connectivity index (χ2v) is 5.36. The Morgan fingerprint density at radius 1 is 1.38 bits per heavy atom. The molecule has 112 valence electrons. The number of carbonyl (C=O) groups is 1. The Morgan fingerprint density at radius 2 is 2.19 bits per heavy atom. The summed E-state index contributed by atoms with van der Waals surface area (Å²) in [5.41, 5.74) is 1.55. The number of carbonyl (C=O) groups excluding carboxylic acids is 1. The van der Waals surface area contributed by atoms with E-state index in [1.54, 1.807) is 7.11 Å². The molecule has 2 heterocycles. The van der Waals surface area contributed by atoms with Crippen molar-refractivity contribution in [1.29, 1.82) is 0 Å². The van der Waals surface area contributed by atoms with Crippen molar-refractivity contribution in [3.05, 3.63) is 29.3 Å². The lowest BCUT2D eigenvalue weighted by Crippen LogP contribution is -2.43. The van der Waals surface area contributed by atoms with Crippen molar-refractivity contribution in [1.82, 2.24) is 10.6 Å². The van der Waals surface area contributed by atoms with E-state index in [4.69, 9.17) is 9.47 Å². The fourth-order valence-corrected chi connectivity index (χ4v) is 2.66. The molecule has 1 fully saturated rings. The van der Waals surface area contributed by atoms with Crippen LogP contribution < -0.4 is 20.1 Å². The van der Waals surface area contributed by atoms with E-state index in [1.807, 2.05) is 24.3 Å². The Labute approximate surface area is 124 Å². The largest absolute Gasteiger partial charge is 0.497 e. The minimum atomic E-state index is -0.0321. The summed E-state index contributed by atoms with van der Waals surface area (Å²) in [5, 5.41) is 6.38. The van der Waals surface area contributed by atoms with Gasteiger partial charge in [0, 0.05) is 11.6 Å². The lowest BCUT2D eigenvalue weighted by Gasteiger charge is -2.25. The third-order valence-electron chi connectivity index (χ3n) is 3.90. The summed E-state index contributed by atoms with van der Waals surface area (Å²) in [6.07, 6.45) is 3.84. The van der Waals surface area contributed by atoms with E-state index in [2.05, 4.69) is 10.6 Å². The van der Waals surface area contributed by atoms with Gasteiger partial charge in [-0.15, -0.1) is 0 Å². The second kappa shape index (κ2) is 6.18. The van der Waals surface area contributed by atoms with Gasteiger partial charge in [0.1, 0.15) is 18.1 Å². The van der Waals surface area contributed by atoms with Gasteiger partial charge in [0.15, 0.2) is 0 Å². The van der Waals surface area contributed by atoms with Gasteiger partial charge < -0.3 is 20.1 Å². The van der Waals surface area contributed by atoms with Gasteiger partial charge in [-0.25, -0.2) is 0 Å². The van der Waals surface area contributed by atoms with Crippen molar-refractivity contribution >= 4 is 12.0 Å². The van der Waals surface area contributed by atoms with E-state index in [0.29, 0.717) is 12.2 Å². The highest BCUT2D eigenvalue weighted by atomic mass is 16.5. The molecule has 3 rings (SSSR count). The number of ether oxygens (including phenoxy) is 2. The smallest absolute Gasteiger partial charge is 0.250 e. The first-order valence-corrected chi connectivity index (χ1v) is 7.29. The monoisotopic (exact) mass is 288 g/mol. The van der Waals surface area contributed by atoms with E-state index in [1.165, 1.54) is 0 Å². The molecule has 0 aliphatic carbocycles. The van der Waals surface area contributed by atoms with Crippen LogP contribution in [0.5, 0.6) is 11.5 Å². The molecule has 2 aliphatic rings. The topological polar surface area (TPSA) is 59.6 Å². The number of hydrogen-bond acceptors (Lipinski definition) is 4. The third kappa shape index (κ3) is 3.19. The highest BCUT2D eigenvalue weighted by Crippen LogP contribution is 2.29. The van der Waals surface area contributed by atoms with E-state index >= 15 is 0 Å². The second-order valence-electron chi connectivity index (χ2n) is 5.36. The number of hydrogen-bond donors (Lipinski definition) is 2. The minimum Gasteiger partial charge on any atom is -0.497 e. The number of piperidine rings is 1. The molecule has 1 saturated heterocycles. The first-order valence-electron chi connectivity index (χ1n) is 7.29. The maximum atomic E-state index is 12.3. The van der Waals surface area contributed by atoms with Gasteiger partial charge in [0.05, 0.1) is 12.7 Å². The van der Waals surface area contributed by atoms with Crippen LogP contribution in [0.25, 0.3) is 6.08 Å². The standard InChI is InChI=1S/C16H20N2O3/c1-20-14-2-3-15-11(9-14)8-12(10-21-15)16(19)18-13-4-6-17-7-5-13/h2-3,8-9,13,17H,4-7,10H2,1H3,(H,18,19). The summed E-state index contributed by atoms with van der Waals surface area (Å²) in [6.45, 7) is 2.23. The normalized spacial score (nSPS) is 18.2. The first-order chi connectivity index (χ1) is 10.3. The van der Waals surface area contributed by atoms with Gasteiger partial charge in [0.2, 0.25) is 0 Å². The van der Waals surface area contributed by atoms with Gasteiger partial charge in [-0.2, -0.15) is 0 Å². The highest BCUT2D eigenvalue weighted by molar-refractivity contribution is 5.99. The third-order valence-corrected chi connectivity index (χ3v) is 3.90. The van der Waals surface area contributed by atoms with Crippen LogP contribution in [0.4, 0.5) is 0 Å². The van der Waals surface area contributed by atoms with Crippen LogP contribution >= 0.6 is 0 Å². The van der Waals surface area contributed by atoms with Crippen molar-refractivity contribution < 1.29 is 14.3 Å². The van der Waals surface area contributed by atoms with Crippen LogP contribution in [0, 0.1) is 0 Å². The Hall–Kier alpha value is -2.01. The summed E-state index contributed by atoms with van der Waals surface area (Å²) in [5.74, 6) is 1.51. The van der Waals surface area contributed by atoms with Gasteiger partial charge >= 0.3 is 0 Å². The molecule has 0 unspecified atom stereocenters. The molecule has 1 aromatic carbocycles. The summed E-state index contributed by atoms with van der Waals surface area (Å²) >= 11 is 0. The number of methoxy groups -OCH3 is 1. The Balaban J connectivity index is 1.72. The van der Waals surface area contributed by atoms with Crippen molar-refractivity contribution in [2.45, 2.75) is 18.9 Å². The molecule has 0 saturated carbocycles. The van der Waals surface area contributed by atoms with Crippen molar-refractivity contribution in [3.8, 4) is 11.5 Å². The molecule has 1 amide bonds. The quantitative estimate of drug-likeness (QED) is 0.881. The molecule has 2 N–H and O–H groups in total. The van der Waals surface area contributed by atoms with E-state index in [-0.39, 0.29) is 11.9 Å². The number of rotatable bonds is 3. The maximum Gasteiger partial charge on any atom is 0.250 e. The number of benzene rings is 1.